The van der Waals surface area contributed by atoms with Crippen LogP contribution in [0, 0.1) is 0 Å². The van der Waals surface area contributed by atoms with Gasteiger partial charge >= 0.3 is 10.2 Å². The fourth-order valence-electron chi connectivity index (χ4n) is 0.929. The molecule has 0 aromatic heterocycles. The first-order valence-corrected chi connectivity index (χ1v) is 6.40. The van der Waals surface area contributed by atoms with Crippen molar-refractivity contribution >= 4 is 26.2 Å². The van der Waals surface area contributed by atoms with E-state index < -0.39 is 31.1 Å². The van der Waals surface area contributed by atoms with Gasteiger partial charge in [-0.1, -0.05) is 19.4 Å². The fourth-order valence-corrected chi connectivity index (χ4v) is 2.19. The summed E-state index contributed by atoms with van der Waals surface area (Å²) in [4.78, 5) is -2.12. The maximum Gasteiger partial charge on any atom is 0.310 e. The molecule has 1 aromatic rings. The molecule has 1 aromatic carbocycles. The lowest BCUT2D eigenvalue weighted by Gasteiger charge is -2.40. The predicted molar refractivity (Wildman–Crippen MR) is 53.8 cm³/mol. The number of benzene rings is 1. The number of rotatable bonds is 2. The van der Waals surface area contributed by atoms with Crippen LogP contribution in [0.25, 0.3) is 0 Å². The van der Waals surface area contributed by atoms with Gasteiger partial charge in [-0.2, -0.15) is 0 Å². The molecule has 0 amide bonds. The van der Waals surface area contributed by atoms with Crippen molar-refractivity contribution < 1.29 is 29.3 Å². The number of aromatic hydroxyl groups is 1. The van der Waals surface area contributed by atoms with Gasteiger partial charge in [0.2, 0.25) is 0 Å². The molecule has 0 unspecified atom stereocenters. The summed E-state index contributed by atoms with van der Waals surface area (Å²) in [6, 6.07) is 0.168. The van der Waals surface area contributed by atoms with Gasteiger partial charge in [-0.05, 0) is 22.0 Å². The molecule has 0 spiro atoms. The highest BCUT2D eigenvalue weighted by molar-refractivity contribution is 9.10. The lowest BCUT2D eigenvalue weighted by molar-refractivity contribution is 0.354. The van der Waals surface area contributed by atoms with E-state index in [1.165, 1.54) is 0 Å². The van der Waals surface area contributed by atoms with Crippen molar-refractivity contribution in [3.8, 4) is 11.5 Å². The normalized spacial score (nSPS) is 16.4. The second-order valence-corrected chi connectivity index (χ2v) is 6.19. The van der Waals surface area contributed by atoms with E-state index in [0.717, 1.165) is 7.11 Å². The smallest absolute Gasteiger partial charge is 0.310 e. The Morgan fingerprint density at radius 1 is 1.19 bits per heavy atom. The van der Waals surface area contributed by atoms with E-state index in [0.29, 0.717) is 0 Å². The predicted octanol–water partition coefficient (Wildman–Crippen LogP) is 4.82. The van der Waals surface area contributed by atoms with Crippen LogP contribution in [-0.2, 0) is 0 Å². The van der Waals surface area contributed by atoms with Gasteiger partial charge in [0.05, 0.1) is 11.6 Å². The van der Waals surface area contributed by atoms with E-state index in [1.807, 2.05) is 0 Å². The van der Waals surface area contributed by atoms with Gasteiger partial charge in [0.25, 0.3) is 0 Å². The second kappa shape index (κ2) is 2.95. The number of methoxy groups -OCH3 is 1. The second-order valence-electron chi connectivity index (χ2n) is 2.92. The number of phenolic OH excluding ortho intramolecular Hbond substituents is 1. The summed E-state index contributed by atoms with van der Waals surface area (Å²) in [5.41, 5.74) is 0. The van der Waals surface area contributed by atoms with Crippen LogP contribution < -0.4 is 4.74 Å². The Morgan fingerprint density at radius 3 is 2.06 bits per heavy atom. The Labute approximate surface area is 95.9 Å². The van der Waals surface area contributed by atoms with Gasteiger partial charge in [0.1, 0.15) is 4.90 Å². The van der Waals surface area contributed by atoms with Crippen molar-refractivity contribution in [1.29, 1.82) is 0 Å². The van der Waals surface area contributed by atoms with Crippen LogP contribution in [0.5, 0.6) is 11.5 Å². The maximum absolute atomic E-state index is 12.4. The van der Waals surface area contributed by atoms with Gasteiger partial charge < -0.3 is 9.84 Å². The Bertz CT molecular complexity index is 443. The summed E-state index contributed by atoms with van der Waals surface area (Å²) < 4.78 is 65.9. The number of ether oxygens (including phenoxy) is 1. The molecular formula is C7H6BrF5O2S. The molecule has 94 valence electrons. The third-order valence-corrected chi connectivity index (χ3v) is 3.40. The van der Waals surface area contributed by atoms with Crippen LogP contribution in [0.1, 0.15) is 0 Å². The Hall–Kier alpha value is -0.700. The SMILES string of the molecule is COc1cc(S(F)(F)(F)(F)F)cc(Br)c1O. The largest absolute Gasteiger partial charge is 0.503 e. The minimum atomic E-state index is -9.76. The number of halogens is 6. The lowest BCUT2D eigenvalue weighted by atomic mass is 10.3. The minimum absolute atomic E-state index is 0.0572. The standard InChI is InChI=1S/C7H6BrF5O2S/c1-15-6-3-4(2-5(8)7(6)14)16(9,10,11,12)13/h2-3,14H,1H3. The molecule has 0 radical (unpaired) electrons. The third kappa shape index (κ3) is 2.70. The monoisotopic (exact) mass is 328 g/mol. The van der Waals surface area contributed by atoms with Crippen LogP contribution in [0.3, 0.4) is 0 Å². The zero-order valence-electron chi connectivity index (χ0n) is 7.69. The first kappa shape index (κ1) is 13.4. The van der Waals surface area contributed by atoms with E-state index in [1.54, 1.807) is 0 Å². The fraction of sp³-hybridized carbons (Fsp3) is 0.143. The molecule has 0 aliphatic carbocycles. The summed E-state index contributed by atoms with van der Waals surface area (Å²) in [5, 5.41) is 9.18. The van der Waals surface area contributed by atoms with Crippen molar-refractivity contribution in [2.24, 2.45) is 0 Å². The van der Waals surface area contributed by atoms with E-state index in [9.17, 15) is 24.5 Å². The van der Waals surface area contributed by atoms with E-state index >= 15 is 0 Å². The molecule has 16 heavy (non-hydrogen) atoms. The highest BCUT2D eigenvalue weighted by Gasteiger charge is 2.65. The van der Waals surface area contributed by atoms with Crippen LogP contribution in [0.15, 0.2) is 21.5 Å². The first-order valence-electron chi connectivity index (χ1n) is 3.66. The zero-order valence-corrected chi connectivity index (χ0v) is 10.1. The summed E-state index contributed by atoms with van der Waals surface area (Å²) in [6.07, 6.45) is 0. The van der Waals surface area contributed by atoms with E-state index in [4.69, 9.17) is 0 Å². The number of hydrogen-bond acceptors (Lipinski definition) is 2. The average molecular weight is 329 g/mol. The quantitative estimate of drug-likeness (QED) is 0.788. The topological polar surface area (TPSA) is 29.5 Å². The van der Waals surface area contributed by atoms with Crippen LogP contribution in [0.2, 0.25) is 0 Å². The zero-order chi connectivity index (χ0) is 12.8. The van der Waals surface area contributed by atoms with Gasteiger partial charge in [-0.25, -0.2) is 0 Å². The number of phenols is 1. The van der Waals surface area contributed by atoms with E-state index in [-0.39, 0.29) is 12.1 Å². The van der Waals surface area contributed by atoms with Crippen LogP contribution >= 0.6 is 26.2 Å². The van der Waals surface area contributed by atoms with Gasteiger partial charge in [0, 0.05) is 6.07 Å². The van der Waals surface area contributed by atoms with Gasteiger partial charge in [-0.3, -0.25) is 0 Å². The summed E-state index contributed by atoms with van der Waals surface area (Å²) in [5.74, 6) is -1.36. The van der Waals surface area contributed by atoms with Crippen molar-refractivity contribution in [2.75, 3.05) is 7.11 Å². The van der Waals surface area contributed by atoms with Crippen LogP contribution in [-0.4, -0.2) is 12.2 Å². The first-order chi connectivity index (χ1) is 6.85. The average Bonchev–Trinajstić information content (AvgIpc) is 2.05. The molecular weight excluding hydrogens is 323 g/mol. The van der Waals surface area contributed by atoms with Crippen LogP contribution in [0.4, 0.5) is 19.4 Å². The molecule has 0 atom stereocenters. The van der Waals surface area contributed by atoms with E-state index in [2.05, 4.69) is 20.7 Å². The summed E-state index contributed by atoms with van der Waals surface area (Å²) in [7, 11) is -8.81. The molecule has 0 bridgehead atoms. The molecule has 0 aliphatic heterocycles. The van der Waals surface area contributed by atoms with Gasteiger partial charge in [0.15, 0.2) is 11.5 Å². The molecule has 0 fully saturated rings. The summed E-state index contributed by atoms with van der Waals surface area (Å²) >= 11 is 2.53. The highest BCUT2D eigenvalue weighted by Crippen LogP contribution is 3.02. The molecule has 0 heterocycles. The molecule has 0 saturated carbocycles. The molecule has 0 saturated heterocycles. The van der Waals surface area contributed by atoms with Crippen molar-refractivity contribution in [2.45, 2.75) is 4.90 Å². The lowest BCUT2D eigenvalue weighted by Crippen LogP contribution is -2.06. The number of hydrogen-bond donors (Lipinski definition) is 1. The molecule has 1 N–H and O–H groups in total. The molecule has 1 rings (SSSR count). The Morgan fingerprint density at radius 2 is 1.69 bits per heavy atom. The molecule has 0 aliphatic rings. The van der Waals surface area contributed by atoms with Gasteiger partial charge in [-0.15, -0.1) is 0 Å². The third-order valence-electron chi connectivity index (χ3n) is 1.67. The Balaban J connectivity index is 3.58. The van der Waals surface area contributed by atoms with Crippen molar-refractivity contribution in [1.82, 2.24) is 0 Å². The minimum Gasteiger partial charge on any atom is -0.503 e. The summed E-state index contributed by atoms with van der Waals surface area (Å²) in [6.45, 7) is 0. The highest BCUT2D eigenvalue weighted by atomic mass is 79.9. The van der Waals surface area contributed by atoms with Crippen molar-refractivity contribution in [3.05, 3.63) is 16.6 Å². The maximum atomic E-state index is 12.4. The Kier molecular flexibility index (Phi) is 2.46. The molecule has 2 nitrogen and oxygen atoms in total. The molecule has 9 heteroatoms. The van der Waals surface area contributed by atoms with Crippen molar-refractivity contribution in [3.63, 3.8) is 0 Å².